The lowest BCUT2D eigenvalue weighted by Crippen LogP contribution is -2.39. The summed E-state index contributed by atoms with van der Waals surface area (Å²) in [6.45, 7) is 8.35. The first-order chi connectivity index (χ1) is 14.2. The molecule has 0 aromatic heterocycles. The Bertz CT molecular complexity index is 696. The van der Waals surface area contributed by atoms with Crippen LogP contribution in [0.4, 0.5) is 0 Å². The summed E-state index contributed by atoms with van der Waals surface area (Å²) < 4.78 is 0. The Balaban J connectivity index is 0.00000320. The third kappa shape index (κ3) is 7.57. The Labute approximate surface area is 202 Å². The highest BCUT2D eigenvalue weighted by Gasteiger charge is 2.23. The Morgan fingerprint density at radius 3 is 2.67 bits per heavy atom. The van der Waals surface area contributed by atoms with Gasteiger partial charge < -0.3 is 15.5 Å². The molecule has 0 radical (unpaired) electrons. The molecule has 6 nitrogen and oxygen atoms in total. The first-order valence-electron chi connectivity index (χ1n) is 11.0. The minimum atomic E-state index is 0. The molecule has 8 heteroatoms. The number of carbonyl (C=O) groups is 1. The number of rotatable bonds is 9. The van der Waals surface area contributed by atoms with Crippen LogP contribution < -0.4 is 10.6 Å². The Morgan fingerprint density at radius 2 is 2.00 bits per heavy atom. The van der Waals surface area contributed by atoms with E-state index in [9.17, 15) is 4.79 Å². The van der Waals surface area contributed by atoms with Gasteiger partial charge in [-0.1, -0.05) is 23.7 Å². The molecule has 2 aliphatic rings. The van der Waals surface area contributed by atoms with Gasteiger partial charge in [-0.25, -0.2) is 0 Å². The van der Waals surface area contributed by atoms with Gasteiger partial charge in [0, 0.05) is 37.6 Å². The molecule has 30 heavy (non-hydrogen) atoms. The van der Waals surface area contributed by atoms with Gasteiger partial charge in [0.2, 0.25) is 5.91 Å². The second-order valence-electron chi connectivity index (χ2n) is 7.80. The van der Waals surface area contributed by atoms with Crippen LogP contribution in [-0.4, -0.2) is 67.5 Å². The zero-order valence-corrected chi connectivity index (χ0v) is 21.0. The molecule has 2 heterocycles. The Kier molecular flexibility index (Phi) is 11.2. The highest BCUT2D eigenvalue weighted by molar-refractivity contribution is 14.0. The topological polar surface area (TPSA) is 60.0 Å². The molecule has 0 aliphatic carbocycles. The molecule has 1 unspecified atom stereocenters. The monoisotopic (exact) mass is 547 g/mol. The third-order valence-electron chi connectivity index (χ3n) is 5.65. The standard InChI is InChI=1S/C22H34ClN5O.HI/c1-2-24-22(25-11-7-15-28-14-6-10-21(28)29)26-17-20(27-12-3-4-13-27)18-8-5-9-19(23)16-18;/h5,8-9,16,20H,2-4,6-7,10-15,17H2,1H3,(H2,24,25,26);1H. The van der Waals surface area contributed by atoms with Gasteiger partial charge in [-0.05, 0) is 63.4 Å². The SMILES string of the molecule is CCNC(=NCC(c1cccc(Cl)c1)N1CCCC1)NCCCN1CCCC1=O.I. The van der Waals surface area contributed by atoms with E-state index >= 15 is 0 Å². The van der Waals surface area contributed by atoms with Gasteiger partial charge in [0.25, 0.3) is 0 Å². The summed E-state index contributed by atoms with van der Waals surface area (Å²) in [6, 6.07) is 8.40. The summed E-state index contributed by atoms with van der Waals surface area (Å²) in [5.41, 5.74) is 1.23. The summed E-state index contributed by atoms with van der Waals surface area (Å²) in [4.78, 5) is 21.1. The number of halogens is 2. The molecule has 168 valence electrons. The minimum absolute atomic E-state index is 0. The molecule has 1 amide bonds. The lowest BCUT2D eigenvalue weighted by molar-refractivity contribution is -0.127. The van der Waals surface area contributed by atoms with Crippen molar-refractivity contribution >= 4 is 47.4 Å². The van der Waals surface area contributed by atoms with Crippen LogP contribution in [0.3, 0.4) is 0 Å². The van der Waals surface area contributed by atoms with Gasteiger partial charge in [0.15, 0.2) is 5.96 Å². The van der Waals surface area contributed by atoms with E-state index in [0.717, 1.165) is 63.1 Å². The maximum absolute atomic E-state index is 11.7. The largest absolute Gasteiger partial charge is 0.357 e. The van der Waals surface area contributed by atoms with Crippen molar-refractivity contribution in [3.8, 4) is 0 Å². The highest BCUT2D eigenvalue weighted by Crippen LogP contribution is 2.27. The van der Waals surface area contributed by atoms with E-state index in [0.29, 0.717) is 18.9 Å². The number of nitrogens with zero attached hydrogens (tertiary/aromatic N) is 3. The predicted octanol–water partition coefficient (Wildman–Crippen LogP) is 3.66. The van der Waals surface area contributed by atoms with Crippen molar-refractivity contribution in [3.05, 3.63) is 34.9 Å². The fourth-order valence-electron chi connectivity index (χ4n) is 4.14. The van der Waals surface area contributed by atoms with Crippen LogP contribution in [-0.2, 0) is 4.79 Å². The lowest BCUT2D eigenvalue weighted by atomic mass is 10.1. The number of aliphatic imine (C=N–C) groups is 1. The zero-order chi connectivity index (χ0) is 20.5. The van der Waals surface area contributed by atoms with Crippen LogP contribution in [0.1, 0.15) is 50.6 Å². The number of amides is 1. The number of guanidine groups is 1. The number of hydrogen-bond donors (Lipinski definition) is 2. The fourth-order valence-corrected chi connectivity index (χ4v) is 4.33. The maximum Gasteiger partial charge on any atom is 0.222 e. The van der Waals surface area contributed by atoms with Gasteiger partial charge in [-0.3, -0.25) is 14.7 Å². The molecule has 1 aromatic carbocycles. The molecule has 0 spiro atoms. The van der Waals surface area contributed by atoms with Crippen LogP contribution >= 0.6 is 35.6 Å². The van der Waals surface area contributed by atoms with E-state index in [1.807, 2.05) is 17.0 Å². The molecule has 2 N–H and O–H groups in total. The Morgan fingerprint density at radius 1 is 1.20 bits per heavy atom. The van der Waals surface area contributed by atoms with Crippen LogP contribution in [0, 0.1) is 0 Å². The van der Waals surface area contributed by atoms with Gasteiger partial charge in [-0.2, -0.15) is 0 Å². The zero-order valence-electron chi connectivity index (χ0n) is 17.9. The number of benzene rings is 1. The second kappa shape index (κ2) is 13.4. The van der Waals surface area contributed by atoms with Gasteiger partial charge in [0.05, 0.1) is 12.6 Å². The van der Waals surface area contributed by atoms with E-state index in [1.165, 1.54) is 18.4 Å². The van der Waals surface area contributed by atoms with Crippen molar-refractivity contribution < 1.29 is 4.79 Å². The average Bonchev–Trinajstić information content (AvgIpc) is 3.37. The quantitative estimate of drug-likeness (QED) is 0.214. The highest BCUT2D eigenvalue weighted by atomic mass is 127. The molecule has 0 saturated carbocycles. The molecule has 2 fully saturated rings. The van der Waals surface area contributed by atoms with Crippen LogP contribution in [0.15, 0.2) is 29.3 Å². The normalized spacial score (nSPS) is 18.4. The van der Waals surface area contributed by atoms with Crippen LogP contribution in [0.2, 0.25) is 5.02 Å². The summed E-state index contributed by atoms with van der Waals surface area (Å²) in [5, 5.41) is 7.54. The predicted molar refractivity (Wildman–Crippen MR) is 135 cm³/mol. The Hall–Kier alpha value is -1.06. The van der Waals surface area contributed by atoms with Crippen molar-refractivity contribution in [1.82, 2.24) is 20.4 Å². The molecular weight excluding hydrogens is 513 g/mol. The summed E-state index contributed by atoms with van der Waals surface area (Å²) >= 11 is 6.25. The van der Waals surface area contributed by atoms with Crippen LogP contribution in [0.5, 0.6) is 0 Å². The van der Waals surface area contributed by atoms with Crippen LogP contribution in [0.25, 0.3) is 0 Å². The van der Waals surface area contributed by atoms with Crippen molar-refractivity contribution in [2.45, 2.75) is 45.1 Å². The first-order valence-corrected chi connectivity index (χ1v) is 11.3. The number of nitrogens with one attached hydrogen (secondary N) is 2. The smallest absolute Gasteiger partial charge is 0.222 e. The molecule has 0 bridgehead atoms. The van der Waals surface area contributed by atoms with E-state index in [-0.39, 0.29) is 30.0 Å². The van der Waals surface area contributed by atoms with Crippen molar-refractivity contribution in [1.29, 1.82) is 0 Å². The second-order valence-corrected chi connectivity index (χ2v) is 8.23. The molecular formula is C22H35ClIN5O. The van der Waals surface area contributed by atoms with Crippen molar-refractivity contribution in [3.63, 3.8) is 0 Å². The average molecular weight is 548 g/mol. The number of likely N-dealkylation sites (tertiary alicyclic amines) is 2. The molecule has 2 aliphatic heterocycles. The molecule has 1 atom stereocenters. The maximum atomic E-state index is 11.7. The molecule has 1 aromatic rings. The van der Waals surface area contributed by atoms with Gasteiger partial charge in [0.1, 0.15) is 0 Å². The van der Waals surface area contributed by atoms with Crippen molar-refractivity contribution in [2.75, 3.05) is 45.8 Å². The number of hydrogen-bond acceptors (Lipinski definition) is 3. The fraction of sp³-hybridized carbons (Fsp3) is 0.636. The van der Waals surface area contributed by atoms with Gasteiger partial charge in [-0.15, -0.1) is 24.0 Å². The summed E-state index contributed by atoms with van der Waals surface area (Å²) in [5.74, 6) is 1.13. The van der Waals surface area contributed by atoms with Crippen molar-refractivity contribution in [2.24, 2.45) is 4.99 Å². The lowest BCUT2D eigenvalue weighted by Gasteiger charge is -2.27. The summed E-state index contributed by atoms with van der Waals surface area (Å²) in [6.07, 6.45) is 5.12. The molecule has 2 saturated heterocycles. The van der Waals surface area contributed by atoms with E-state index in [2.05, 4.69) is 34.6 Å². The van der Waals surface area contributed by atoms with E-state index in [4.69, 9.17) is 16.6 Å². The molecule has 3 rings (SSSR count). The number of carbonyl (C=O) groups excluding carboxylic acids is 1. The van der Waals surface area contributed by atoms with E-state index in [1.54, 1.807) is 0 Å². The third-order valence-corrected chi connectivity index (χ3v) is 5.89. The minimum Gasteiger partial charge on any atom is -0.357 e. The van der Waals surface area contributed by atoms with E-state index < -0.39 is 0 Å². The van der Waals surface area contributed by atoms with Gasteiger partial charge >= 0.3 is 0 Å². The first kappa shape index (κ1) is 25.2. The summed E-state index contributed by atoms with van der Waals surface area (Å²) in [7, 11) is 0.